The van der Waals surface area contributed by atoms with Gasteiger partial charge >= 0.3 is 5.97 Å². The van der Waals surface area contributed by atoms with Crippen molar-refractivity contribution in [2.75, 3.05) is 13.1 Å². The molecule has 1 saturated carbocycles. The van der Waals surface area contributed by atoms with Crippen molar-refractivity contribution < 1.29 is 14.7 Å². The highest BCUT2D eigenvalue weighted by Gasteiger charge is 2.43. The predicted octanol–water partition coefficient (Wildman–Crippen LogP) is 1.61. The van der Waals surface area contributed by atoms with Gasteiger partial charge < -0.3 is 15.7 Å². The molecule has 5 nitrogen and oxygen atoms in total. The minimum atomic E-state index is -0.766. The lowest BCUT2D eigenvalue weighted by Crippen LogP contribution is -2.52. The van der Waals surface area contributed by atoms with Crippen LogP contribution in [0.4, 0.5) is 0 Å². The van der Waals surface area contributed by atoms with E-state index in [-0.39, 0.29) is 17.9 Å². The molecule has 114 valence electrons. The first-order valence-electron chi connectivity index (χ1n) is 7.76. The van der Waals surface area contributed by atoms with E-state index in [0.29, 0.717) is 25.9 Å². The minimum absolute atomic E-state index is 0.000186. The number of hydrogen-bond acceptors (Lipinski definition) is 3. The van der Waals surface area contributed by atoms with Gasteiger partial charge in [-0.1, -0.05) is 13.3 Å². The summed E-state index contributed by atoms with van der Waals surface area (Å²) in [4.78, 5) is 25.9. The first kappa shape index (κ1) is 15.3. The molecule has 0 aromatic heterocycles. The van der Waals surface area contributed by atoms with Crippen molar-refractivity contribution in [1.29, 1.82) is 0 Å². The minimum Gasteiger partial charge on any atom is -0.481 e. The third kappa shape index (κ3) is 2.97. The summed E-state index contributed by atoms with van der Waals surface area (Å²) < 4.78 is 0. The van der Waals surface area contributed by atoms with E-state index in [9.17, 15) is 14.7 Å². The number of carbonyl (C=O) groups excluding carboxylic acids is 1. The molecular formula is C15H26N2O3. The van der Waals surface area contributed by atoms with Crippen LogP contribution in [0.2, 0.25) is 0 Å². The largest absolute Gasteiger partial charge is 0.481 e. The van der Waals surface area contributed by atoms with Crippen molar-refractivity contribution in [3.63, 3.8) is 0 Å². The van der Waals surface area contributed by atoms with Crippen LogP contribution in [0.25, 0.3) is 0 Å². The Labute approximate surface area is 120 Å². The fourth-order valence-corrected chi connectivity index (χ4v) is 3.64. The van der Waals surface area contributed by atoms with Gasteiger partial charge in [0.1, 0.15) is 0 Å². The van der Waals surface area contributed by atoms with Crippen molar-refractivity contribution in [2.45, 2.75) is 57.9 Å². The number of carbonyl (C=O) groups is 2. The van der Waals surface area contributed by atoms with Crippen LogP contribution in [-0.2, 0) is 9.59 Å². The Morgan fingerprint density at radius 3 is 2.70 bits per heavy atom. The lowest BCUT2D eigenvalue weighted by molar-refractivity contribution is -0.156. The second-order valence-electron chi connectivity index (χ2n) is 6.43. The zero-order valence-corrected chi connectivity index (χ0v) is 12.3. The van der Waals surface area contributed by atoms with E-state index in [1.807, 2.05) is 6.92 Å². The third-order valence-electron chi connectivity index (χ3n) is 5.08. The van der Waals surface area contributed by atoms with Gasteiger partial charge in [0.05, 0.1) is 5.41 Å². The van der Waals surface area contributed by atoms with Gasteiger partial charge in [-0.25, -0.2) is 0 Å². The maximum atomic E-state index is 12.6. The summed E-state index contributed by atoms with van der Waals surface area (Å²) in [6.45, 7) is 2.96. The number of nitrogens with zero attached hydrogens (tertiary/aromatic N) is 1. The van der Waals surface area contributed by atoms with Gasteiger partial charge in [-0.3, -0.25) is 9.59 Å². The van der Waals surface area contributed by atoms with E-state index in [2.05, 4.69) is 0 Å². The smallest absolute Gasteiger partial charge is 0.311 e. The van der Waals surface area contributed by atoms with E-state index in [1.165, 1.54) is 0 Å². The lowest BCUT2D eigenvalue weighted by Gasteiger charge is -2.41. The summed E-state index contributed by atoms with van der Waals surface area (Å²) in [6.07, 6.45) is 5.69. The van der Waals surface area contributed by atoms with Crippen LogP contribution in [-0.4, -0.2) is 41.0 Å². The first-order chi connectivity index (χ1) is 9.48. The van der Waals surface area contributed by atoms with Gasteiger partial charge in [-0.05, 0) is 38.5 Å². The van der Waals surface area contributed by atoms with Crippen molar-refractivity contribution in [1.82, 2.24) is 4.90 Å². The van der Waals surface area contributed by atoms with Crippen LogP contribution in [0.15, 0.2) is 0 Å². The average molecular weight is 282 g/mol. The number of rotatable bonds is 3. The molecule has 1 saturated heterocycles. The summed E-state index contributed by atoms with van der Waals surface area (Å²) in [7, 11) is 0. The lowest BCUT2D eigenvalue weighted by atomic mass is 9.77. The molecule has 1 amide bonds. The van der Waals surface area contributed by atoms with Gasteiger partial charge in [0.25, 0.3) is 0 Å². The molecule has 5 heteroatoms. The zero-order valence-electron chi connectivity index (χ0n) is 12.3. The summed E-state index contributed by atoms with van der Waals surface area (Å²) in [6, 6.07) is 0.123. The molecule has 1 aliphatic heterocycles. The maximum Gasteiger partial charge on any atom is 0.311 e. The molecule has 0 aromatic carbocycles. The van der Waals surface area contributed by atoms with Crippen LogP contribution in [0.3, 0.4) is 0 Å². The summed E-state index contributed by atoms with van der Waals surface area (Å²) in [5.74, 6) is -0.642. The first-order valence-corrected chi connectivity index (χ1v) is 7.76. The maximum absolute atomic E-state index is 12.6. The highest BCUT2D eigenvalue weighted by Crippen LogP contribution is 2.35. The fraction of sp³-hybridized carbons (Fsp3) is 0.867. The standard InChI is InChI=1S/C15H26N2O3/c1-2-15(14(19)20)7-4-8-17(10-15)13(18)11-5-3-6-12(16)9-11/h11-12H,2-10,16H2,1H3,(H,19,20). The second-order valence-corrected chi connectivity index (χ2v) is 6.43. The number of aliphatic carboxylic acids is 1. The fourth-order valence-electron chi connectivity index (χ4n) is 3.64. The number of carboxylic acid groups (broad SMARTS) is 1. The third-order valence-corrected chi connectivity index (χ3v) is 5.08. The van der Waals surface area contributed by atoms with Gasteiger partial charge in [-0.2, -0.15) is 0 Å². The molecule has 3 atom stereocenters. The molecule has 0 aromatic rings. The van der Waals surface area contributed by atoms with E-state index >= 15 is 0 Å². The molecule has 0 radical (unpaired) electrons. The number of amides is 1. The molecule has 1 heterocycles. The molecule has 3 N–H and O–H groups in total. The predicted molar refractivity (Wildman–Crippen MR) is 76.1 cm³/mol. The quantitative estimate of drug-likeness (QED) is 0.823. The van der Waals surface area contributed by atoms with Crippen LogP contribution in [0, 0.1) is 11.3 Å². The Morgan fingerprint density at radius 1 is 1.35 bits per heavy atom. The number of likely N-dealkylation sites (tertiary alicyclic amines) is 1. The summed E-state index contributed by atoms with van der Waals surface area (Å²) in [5, 5.41) is 9.48. The van der Waals surface area contributed by atoms with Gasteiger partial charge in [-0.15, -0.1) is 0 Å². The van der Waals surface area contributed by atoms with Crippen LogP contribution in [0.1, 0.15) is 51.9 Å². The monoisotopic (exact) mass is 282 g/mol. The van der Waals surface area contributed by atoms with Gasteiger partial charge in [0.2, 0.25) is 5.91 Å². The van der Waals surface area contributed by atoms with Gasteiger partial charge in [0.15, 0.2) is 0 Å². The number of nitrogens with two attached hydrogens (primary N) is 1. The normalized spacial score (nSPS) is 34.8. The Hall–Kier alpha value is -1.10. The van der Waals surface area contributed by atoms with Crippen molar-refractivity contribution in [3.05, 3.63) is 0 Å². The SMILES string of the molecule is CCC1(C(=O)O)CCCN(C(=O)C2CCCC(N)C2)C1. The molecule has 20 heavy (non-hydrogen) atoms. The molecule has 0 spiro atoms. The number of piperidine rings is 1. The number of hydrogen-bond donors (Lipinski definition) is 2. The van der Waals surface area contributed by atoms with Crippen molar-refractivity contribution in [2.24, 2.45) is 17.1 Å². The molecular weight excluding hydrogens is 256 g/mol. The van der Waals surface area contributed by atoms with E-state index in [4.69, 9.17) is 5.73 Å². The Balaban J connectivity index is 2.04. The molecule has 3 unspecified atom stereocenters. The Kier molecular flexibility index (Phi) is 4.68. The highest BCUT2D eigenvalue weighted by atomic mass is 16.4. The molecule has 0 bridgehead atoms. The zero-order chi connectivity index (χ0) is 14.8. The molecule has 1 aliphatic carbocycles. The second kappa shape index (κ2) is 6.12. The van der Waals surface area contributed by atoms with Gasteiger partial charge in [0, 0.05) is 25.0 Å². The summed E-state index contributed by atoms with van der Waals surface area (Å²) in [5.41, 5.74) is 5.21. The molecule has 2 fully saturated rings. The van der Waals surface area contributed by atoms with Crippen molar-refractivity contribution >= 4 is 11.9 Å². The topological polar surface area (TPSA) is 83.6 Å². The van der Waals surface area contributed by atoms with Crippen molar-refractivity contribution in [3.8, 4) is 0 Å². The Bertz CT molecular complexity index is 385. The van der Waals surface area contributed by atoms with E-state index in [0.717, 1.165) is 32.1 Å². The molecule has 2 aliphatic rings. The molecule has 2 rings (SSSR count). The van der Waals surface area contributed by atoms with Crippen LogP contribution in [0.5, 0.6) is 0 Å². The Morgan fingerprint density at radius 2 is 2.10 bits per heavy atom. The van der Waals surface area contributed by atoms with E-state index in [1.54, 1.807) is 4.90 Å². The van der Waals surface area contributed by atoms with E-state index < -0.39 is 11.4 Å². The highest BCUT2D eigenvalue weighted by molar-refractivity contribution is 5.81. The van der Waals surface area contributed by atoms with Crippen LogP contribution < -0.4 is 5.73 Å². The van der Waals surface area contributed by atoms with Crippen LogP contribution >= 0.6 is 0 Å². The average Bonchev–Trinajstić information content (AvgIpc) is 2.46. The summed E-state index contributed by atoms with van der Waals surface area (Å²) >= 11 is 0. The number of carboxylic acids is 1.